The van der Waals surface area contributed by atoms with Crippen LogP contribution < -0.4 is 4.57 Å². The molecule has 2 aromatic heterocycles. The first-order chi connectivity index (χ1) is 12.6. The van der Waals surface area contributed by atoms with Crippen LogP contribution in [0.2, 0.25) is 0 Å². The maximum absolute atomic E-state index is 8.72. The van der Waals surface area contributed by atoms with Gasteiger partial charge in [-0.15, -0.1) is 0 Å². The van der Waals surface area contributed by atoms with Crippen molar-refractivity contribution in [2.24, 2.45) is 7.05 Å². The Hall–Kier alpha value is -2.22. The summed E-state index contributed by atoms with van der Waals surface area (Å²) in [6, 6.07) is 9.57. The molecular formula is C23H27N2+. The number of pyridine rings is 2. The van der Waals surface area contributed by atoms with E-state index in [1.54, 1.807) is 0 Å². The molecule has 4 rings (SSSR count). The monoisotopic (exact) mass is 332 g/mol. The molecule has 2 nitrogen and oxygen atoms in total. The van der Waals surface area contributed by atoms with Gasteiger partial charge in [-0.3, -0.25) is 4.98 Å². The summed E-state index contributed by atoms with van der Waals surface area (Å²) in [5.74, 6) is 0.660. The van der Waals surface area contributed by atoms with Crippen LogP contribution in [0.5, 0.6) is 0 Å². The highest BCUT2D eigenvalue weighted by Crippen LogP contribution is 2.35. The number of aromatic nitrogens is 2. The molecule has 2 heterocycles. The molecule has 1 fully saturated rings. The fourth-order valence-electron chi connectivity index (χ4n) is 4.25. The molecule has 25 heavy (non-hydrogen) atoms. The Morgan fingerprint density at radius 2 is 1.92 bits per heavy atom. The Labute approximate surface area is 152 Å². The lowest BCUT2D eigenvalue weighted by molar-refractivity contribution is -0.665. The number of hydrogen-bond acceptors (Lipinski definition) is 1. The molecule has 0 bridgehead atoms. The minimum absolute atomic E-state index is 0.649. The second kappa shape index (κ2) is 6.59. The molecule has 0 atom stereocenters. The second-order valence-electron chi connectivity index (χ2n) is 7.45. The van der Waals surface area contributed by atoms with Crippen LogP contribution in [-0.4, -0.2) is 4.98 Å². The number of aryl methyl sites for hydroxylation is 1. The SMILES string of the molecule is [2H]c1c(C)[n+](C)c(-c2ccncc2C)c2ccc(C3CCCCC3)cc12. The number of hydrogen-bond donors (Lipinski definition) is 0. The van der Waals surface area contributed by atoms with Crippen molar-refractivity contribution in [2.45, 2.75) is 51.9 Å². The summed E-state index contributed by atoms with van der Waals surface area (Å²) in [4.78, 5) is 4.25. The van der Waals surface area contributed by atoms with Crippen LogP contribution in [0.1, 0.15) is 56.2 Å². The zero-order chi connectivity index (χ0) is 18.3. The lowest BCUT2D eigenvalue weighted by atomic mass is 9.83. The number of fused-ring (bicyclic) bond motifs is 1. The summed E-state index contributed by atoms with van der Waals surface area (Å²) >= 11 is 0. The summed E-state index contributed by atoms with van der Waals surface area (Å²) in [5, 5.41) is 2.24. The van der Waals surface area contributed by atoms with Crippen LogP contribution in [0, 0.1) is 13.8 Å². The quantitative estimate of drug-likeness (QED) is 0.575. The van der Waals surface area contributed by atoms with E-state index in [0.717, 1.165) is 22.0 Å². The van der Waals surface area contributed by atoms with E-state index in [2.05, 4.69) is 54.7 Å². The molecule has 0 amide bonds. The van der Waals surface area contributed by atoms with Crippen molar-refractivity contribution in [3.63, 3.8) is 0 Å². The fourth-order valence-corrected chi connectivity index (χ4v) is 4.25. The Kier molecular flexibility index (Phi) is 3.97. The molecule has 0 aliphatic heterocycles. The van der Waals surface area contributed by atoms with Crippen molar-refractivity contribution in [1.29, 1.82) is 0 Å². The summed E-state index contributed by atoms with van der Waals surface area (Å²) < 4.78 is 10.9. The third-order valence-electron chi connectivity index (χ3n) is 5.80. The van der Waals surface area contributed by atoms with Crippen molar-refractivity contribution in [3.8, 4) is 11.3 Å². The first-order valence-electron chi connectivity index (χ1n) is 9.91. The Balaban J connectivity index is 1.96. The normalized spacial score (nSPS) is 16.2. The zero-order valence-corrected chi connectivity index (χ0v) is 15.5. The maximum Gasteiger partial charge on any atom is 0.220 e. The van der Waals surface area contributed by atoms with E-state index in [9.17, 15) is 0 Å². The van der Waals surface area contributed by atoms with Crippen molar-refractivity contribution in [2.75, 3.05) is 0 Å². The molecule has 0 N–H and O–H groups in total. The molecular weight excluding hydrogens is 304 g/mol. The average Bonchev–Trinajstić information content (AvgIpc) is 2.68. The van der Waals surface area contributed by atoms with Gasteiger partial charge in [-0.25, -0.2) is 0 Å². The van der Waals surface area contributed by atoms with Gasteiger partial charge in [0.2, 0.25) is 5.69 Å². The van der Waals surface area contributed by atoms with Crippen molar-refractivity contribution in [3.05, 3.63) is 59.5 Å². The third kappa shape index (κ3) is 2.95. The van der Waals surface area contributed by atoms with Gasteiger partial charge in [-0.1, -0.05) is 31.4 Å². The van der Waals surface area contributed by atoms with Crippen LogP contribution in [0.15, 0.2) is 42.7 Å². The van der Waals surface area contributed by atoms with Crippen molar-refractivity contribution >= 4 is 10.8 Å². The lowest BCUT2D eigenvalue weighted by Crippen LogP contribution is -2.35. The maximum atomic E-state index is 8.72. The molecule has 1 aliphatic carbocycles. The van der Waals surface area contributed by atoms with E-state index >= 15 is 0 Å². The van der Waals surface area contributed by atoms with Crippen LogP contribution in [0.25, 0.3) is 22.0 Å². The Bertz CT molecular complexity index is 972. The molecule has 0 spiro atoms. The molecule has 2 heteroatoms. The summed E-state index contributed by atoms with van der Waals surface area (Å²) in [6.07, 6.45) is 10.4. The number of benzene rings is 1. The predicted molar refractivity (Wildman–Crippen MR) is 104 cm³/mol. The van der Waals surface area contributed by atoms with E-state index in [1.807, 2.05) is 12.4 Å². The predicted octanol–water partition coefficient (Wildman–Crippen LogP) is 5.39. The van der Waals surface area contributed by atoms with Gasteiger partial charge in [0.05, 0.1) is 12.3 Å². The minimum atomic E-state index is 0.649. The van der Waals surface area contributed by atoms with Gasteiger partial charge in [-0.05, 0) is 54.3 Å². The summed E-state index contributed by atoms with van der Waals surface area (Å²) in [5.41, 5.74) is 5.96. The molecule has 0 saturated heterocycles. The number of nitrogens with zero attached hydrogens (tertiary/aromatic N) is 2. The molecule has 0 unspecified atom stereocenters. The Morgan fingerprint density at radius 1 is 1.12 bits per heavy atom. The largest absolute Gasteiger partial charge is 0.264 e. The molecule has 3 aromatic rings. The van der Waals surface area contributed by atoms with Gasteiger partial charge in [-0.2, -0.15) is 4.57 Å². The van der Waals surface area contributed by atoms with E-state index in [1.165, 1.54) is 48.9 Å². The number of rotatable bonds is 2. The van der Waals surface area contributed by atoms with Gasteiger partial charge in [0, 0.05) is 25.4 Å². The van der Waals surface area contributed by atoms with Crippen LogP contribution in [0.3, 0.4) is 0 Å². The van der Waals surface area contributed by atoms with Gasteiger partial charge in [0.25, 0.3) is 0 Å². The molecule has 128 valence electrons. The molecule has 1 saturated carbocycles. The first-order valence-corrected chi connectivity index (χ1v) is 9.41. The minimum Gasteiger partial charge on any atom is -0.264 e. The van der Waals surface area contributed by atoms with Crippen molar-refractivity contribution in [1.82, 2.24) is 4.98 Å². The van der Waals surface area contributed by atoms with Gasteiger partial charge >= 0.3 is 0 Å². The fraction of sp³-hybridized carbons (Fsp3) is 0.391. The van der Waals surface area contributed by atoms with E-state index in [0.29, 0.717) is 12.0 Å². The highest BCUT2D eigenvalue weighted by Gasteiger charge is 2.21. The first kappa shape index (κ1) is 15.1. The molecule has 1 aromatic carbocycles. The van der Waals surface area contributed by atoms with Gasteiger partial charge in [0.15, 0.2) is 5.69 Å². The van der Waals surface area contributed by atoms with Gasteiger partial charge < -0.3 is 0 Å². The van der Waals surface area contributed by atoms with Crippen LogP contribution >= 0.6 is 0 Å². The average molecular weight is 332 g/mol. The lowest BCUT2D eigenvalue weighted by Gasteiger charge is -2.22. The topological polar surface area (TPSA) is 16.8 Å². The second-order valence-corrected chi connectivity index (χ2v) is 7.45. The van der Waals surface area contributed by atoms with Crippen LogP contribution in [-0.2, 0) is 7.05 Å². The molecule has 0 radical (unpaired) electrons. The summed E-state index contributed by atoms with van der Waals surface area (Å²) in [6.45, 7) is 4.16. The smallest absolute Gasteiger partial charge is 0.220 e. The van der Waals surface area contributed by atoms with E-state index in [4.69, 9.17) is 1.37 Å². The van der Waals surface area contributed by atoms with Crippen LogP contribution in [0.4, 0.5) is 0 Å². The molecule has 1 aliphatic rings. The zero-order valence-electron chi connectivity index (χ0n) is 16.5. The van der Waals surface area contributed by atoms with E-state index in [-0.39, 0.29) is 0 Å². The standard InChI is InChI=1S/C23H27N2/c1-16-15-24-12-11-21(16)23-22-10-9-19(18-7-5-4-6-8-18)14-20(22)13-17(2)25(23)3/h9-15,18H,4-8H2,1-3H3/q+1/i13D. The van der Waals surface area contributed by atoms with Gasteiger partial charge in [0.1, 0.15) is 7.05 Å². The Morgan fingerprint density at radius 3 is 2.68 bits per heavy atom. The van der Waals surface area contributed by atoms with E-state index < -0.39 is 0 Å². The highest BCUT2D eigenvalue weighted by atomic mass is 14.9. The summed E-state index contributed by atoms with van der Waals surface area (Å²) in [7, 11) is 2.07. The third-order valence-corrected chi connectivity index (χ3v) is 5.80. The van der Waals surface area contributed by atoms with Crippen molar-refractivity contribution < 1.29 is 5.94 Å². The highest BCUT2D eigenvalue weighted by molar-refractivity contribution is 5.94.